The molecule has 82 valence electrons. The fourth-order valence-electron chi connectivity index (χ4n) is 1.17. The Labute approximate surface area is 90.1 Å². The maximum Gasteiger partial charge on any atom is 0.312 e. The fourth-order valence-corrected chi connectivity index (χ4v) is 1.38. The zero-order valence-electron chi connectivity index (χ0n) is 7.58. The highest BCUT2D eigenvalue weighted by atomic mass is 35.5. The van der Waals surface area contributed by atoms with Gasteiger partial charge in [0.1, 0.15) is 0 Å². The lowest BCUT2D eigenvalue weighted by Gasteiger charge is -2.11. The summed E-state index contributed by atoms with van der Waals surface area (Å²) in [4.78, 5) is 10.7. The summed E-state index contributed by atoms with van der Waals surface area (Å²) in [5.41, 5.74) is 5.36. The molecule has 0 heterocycles. The minimum atomic E-state index is -1.17. The van der Waals surface area contributed by atoms with E-state index in [-0.39, 0.29) is 17.1 Å². The molecule has 0 amide bonds. The highest BCUT2D eigenvalue weighted by Crippen LogP contribution is 2.30. The monoisotopic (exact) mass is 233 g/mol. The van der Waals surface area contributed by atoms with Gasteiger partial charge in [-0.25, -0.2) is 4.39 Å². The van der Waals surface area contributed by atoms with E-state index in [9.17, 15) is 9.18 Å². The van der Waals surface area contributed by atoms with Gasteiger partial charge in [0.15, 0.2) is 11.6 Å². The molecular formula is C9H9ClFNO3. The minimum absolute atomic E-state index is 0.130. The van der Waals surface area contributed by atoms with Gasteiger partial charge in [0, 0.05) is 6.54 Å². The van der Waals surface area contributed by atoms with Gasteiger partial charge in [-0.3, -0.25) is 4.79 Å². The van der Waals surface area contributed by atoms with Gasteiger partial charge < -0.3 is 15.9 Å². The second-order valence-electron chi connectivity index (χ2n) is 2.96. The molecule has 4 nitrogen and oxygen atoms in total. The van der Waals surface area contributed by atoms with E-state index in [1.54, 1.807) is 0 Å². The maximum absolute atomic E-state index is 13.0. The third kappa shape index (κ3) is 2.37. The number of benzene rings is 1. The number of nitrogens with two attached hydrogens (primary N) is 1. The van der Waals surface area contributed by atoms with E-state index < -0.39 is 23.5 Å². The van der Waals surface area contributed by atoms with Crippen LogP contribution in [0.4, 0.5) is 4.39 Å². The van der Waals surface area contributed by atoms with Gasteiger partial charge in [-0.2, -0.15) is 0 Å². The average molecular weight is 234 g/mol. The van der Waals surface area contributed by atoms with Gasteiger partial charge in [0.05, 0.1) is 10.9 Å². The second kappa shape index (κ2) is 4.46. The molecule has 1 unspecified atom stereocenters. The van der Waals surface area contributed by atoms with E-state index >= 15 is 0 Å². The lowest BCUT2D eigenvalue weighted by Crippen LogP contribution is -2.21. The van der Waals surface area contributed by atoms with E-state index in [0.717, 1.165) is 6.07 Å². The van der Waals surface area contributed by atoms with Gasteiger partial charge >= 0.3 is 5.97 Å². The quantitative estimate of drug-likeness (QED) is 0.735. The first-order valence-corrected chi connectivity index (χ1v) is 4.46. The zero-order valence-corrected chi connectivity index (χ0v) is 8.33. The first-order chi connectivity index (χ1) is 6.97. The summed E-state index contributed by atoms with van der Waals surface area (Å²) in [5, 5.41) is 17.6. The molecule has 0 aromatic heterocycles. The number of phenolic OH excluding ortho intramolecular Hbond substituents is 1. The summed E-state index contributed by atoms with van der Waals surface area (Å²) in [6.45, 7) is -0.171. The SMILES string of the molecule is NCC(C(=O)O)c1cc(F)c(O)c(Cl)c1. The van der Waals surface area contributed by atoms with E-state index in [2.05, 4.69) is 0 Å². The molecule has 1 rings (SSSR count). The number of rotatable bonds is 3. The first kappa shape index (κ1) is 11.7. The largest absolute Gasteiger partial charge is 0.504 e. The van der Waals surface area contributed by atoms with E-state index in [1.807, 2.05) is 0 Å². The van der Waals surface area contributed by atoms with Gasteiger partial charge in [-0.1, -0.05) is 11.6 Å². The van der Waals surface area contributed by atoms with Gasteiger partial charge in [-0.05, 0) is 17.7 Å². The van der Waals surface area contributed by atoms with Crippen LogP contribution in [-0.4, -0.2) is 22.7 Å². The summed E-state index contributed by atoms with van der Waals surface area (Å²) >= 11 is 5.50. The lowest BCUT2D eigenvalue weighted by atomic mass is 9.99. The Kier molecular flexibility index (Phi) is 3.49. The molecule has 0 saturated heterocycles. The molecule has 0 bridgehead atoms. The predicted octanol–water partition coefficient (Wildman–Crippen LogP) is 1.31. The standard InChI is InChI=1S/C9H9ClFNO3/c10-6-1-4(2-7(11)8(6)13)5(3-12)9(14)15/h1-2,5,13H,3,12H2,(H,14,15). The third-order valence-electron chi connectivity index (χ3n) is 1.98. The molecule has 0 saturated carbocycles. The van der Waals surface area contributed by atoms with Crippen LogP contribution in [0.1, 0.15) is 11.5 Å². The number of carboxylic acid groups (broad SMARTS) is 1. The predicted molar refractivity (Wildman–Crippen MR) is 52.5 cm³/mol. The van der Waals surface area contributed by atoms with E-state index in [1.165, 1.54) is 6.07 Å². The number of phenols is 1. The van der Waals surface area contributed by atoms with Crippen molar-refractivity contribution in [1.82, 2.24) is 0 Å². The topological polar surface area (TPSA) is 83.6 Å². The number of hydrogen-bond acceptors (Lipinski definition) is 3. The van der Waals surface area contributed by atoms with Crippen molar-refractivity contribution in [1.29, 1.82) is 0 Å². The van der Waals surface area contributed by atoms with Crippen LogP contribution in [-0.2, 0) is 4.79 Å². The third-order valence-corrected chi connectivity index (χ3v) is 2.26. The minimum Gasteiger partial charge on any atom is -0.504 e. The van der Waals surface area contributed by atoms with Gasteiger partial charge in [0.25, 0.3) is 0 Å². The van der Waals surface area contributed by atoms with Crippen molar-refractivity contribution in [3.63, 3.8) is 0 Å². The first-order valence-electron chi connectivity index (χ1n) is 4.08. The van der Waals surface area contributed by atoms with Crippen LogP contribution in [0.5, 0.6) is 5.75 Å². The van der Waals surface area contributed by atoms with Crippen LogP contribution in [0.3, 0.4) is 0 Å². The van der Waals surface area contributed by atoms with Crippen molar-refractivity contribution in [2.45, 2.75) is 5.92 Å². The Morgan fingerprint density at radius 1 is 1.60 bits per heavy atom. The number of aliphatic carboxylic acids is 1. The summed E-state index contributed by atoms with van der Waals surface area (Å²) in [7, 11) is 0. The molecule has 0 aliphatic carbocycles. The van der Waals surface area contributed by atoms with Crippen LogP contribution < -0.4 is 5.73 Å². The number of carboxylic acids is 1. The Bertz CT molecular complexity index is 374. The highest BCUT2D eigenvalue weighted by Gasteiger charge is 2.20. The smallest absolute Gasteiger partial charge is 0.312 e. The van der Waals surface area contributed by atoms with Crippen molar-refractivity contribution in [3.05, 3.63) is 28.5 Å². The summed E-state index contributed by atoms with van der Waals surface area (Å²) < 4.78 is 13.0. The zero-order chi connectivity index (χ0) is 11.6. The number of carbonyl (C=O) groups is 1. The molecule has 0 spiro atoms. The van der Waals surface area contributed by atoms with Crippen molar-refractivity contribution < 1.29 is 19.4 Å². The Balaban J connectivity index is 3.20. The van der Waals surface area contributed by atoms with Crippen LogP contribution in [0, 0.1) is 5.82 Å². The number of halogens is 2. The maximum atomic E-state index is 13.0. The number of aromatic hydroxyl groups is 1. The molecule has 0 aliphatic heterocycles. The normalized spacial score (nSPS) is 12.5. The molecule has 1 aromatic carbocycles. The van der Waals surface area contributed by atoms with Crippen LogP contribution >= 0.6 is 11.6 Å². The number of hydrogen-bond donors (Lipinski definition) is 3. The molecule has 15 heavy (non-hydrogen) atoms. The molecule has 1 atom stereocenters. The molecule has 6 heteroatoms. The van der Waals surface area contributed by atoms with Crippen molar-refractivity contribution >= 4 is 17.6 Å². The Morgan fingerprint density at radius 2 is 2.20 bits per heavy atom. The molecule has 1 aromatic rings. The molecule has 4 N–H and O–H groups in total. The van der Waals surface area contributed by atoms with E-state index in [4.69, 9.17) is 27.5 Å². The fraction of sp³-hybridized carbons (Fsp3) is 0.222. The van der Waals surface area contributed by atoms with Crippen LogP contribution in [0.25, 0.3) is 0 Å². The molecular weight excluding hydrogens is 225 g/mol. The molecule has 0 radical (unpaired) electrons. The van der Waals surface area contributed by atoms with Crippen LogP contribution in [0.15, 0.2) is 12.1 Å². The molecule has 0 aliphatic rings. The molecule has 0 fully saturated rings. The van der Waals surface area contributed by atoms with Gasteiger partial charge in [0.2, 0.25) is 0 Å². The summed E-state index contributed by atoms with van der Waals surface area (Å²) in [5.74, 6) is -3.85. The highest BCUT2D eigenvalue weighted by molar-refractivity contribution is 6.32. The van der Waals surface area contributed by atoms with Crippen molar-refractivity contribution in [2.24, 2.45) is 5.73 Å². The second-order valence-corrected chi connectivity index (χ2v) is 3.37. The van der Waals surface area contributed by atoms with Crippen molar-refractivity contribution in [3.8, 4) is 5.75 Å². The average Bonchev–Trinajstić information content (AvgIpc) is 2.14. The summed E-state index contributed by atoms with van der Waals surface area (Å²) in [6, 6.07) is 2.10. The Hall–Kier alpha value is -1.33. The van der Waals surface area contributed by atoms with Crippen molar-refractivity contribution in [2.75, 3.05) is 6.54 Å². The lowest BCUT2D eigenvalue weighted by molar-refractivity contribution is -0.138. The van der Waals surface area contributed by atoms with Crippen LogP contribution in [0.2, 0.25) is 5.02 Å². The Morgan fingerprint density at radius 3 is 2.60 bits per heavy atom. The van der Waals surface area contributed by atoms with E-state index in [0.29, 0.717) is 0 Å². The summed E-state index contributed by atoms with van der Waals surface area (Å²) in [6.07, 6.45) is 0. The van der Waals surface area contributed by atoms with Gasteiger partial charge in [-0.15, -0.1) is 0 Å².